The van der Waals surface area contributed by atoms with E-state index in [-0.39, 0.29) is 5.41 Å². The van der Waals surface area contributed by atoms with Gasteiger partial charge in [0.15, 0.2) is 5.96 Å². The van der Waals surface area contributed by atoms with Gasteiger partial charge in [0.1, 0.15) is 0 Å². The lowest BCUT2D eigenvalue weighted by molar-refractivity contribution is -0.0945. The van der Waals surface area contributed by atoms with Crippen molar-refractivity contribution in [2.75, 3.05) is 38.6 Å². The first-order chi connectivity index (χ1) is 9.05. The van der Waals surface area contributed by atoms with Gasteiger partial charge in [0.25, 0.3) is 0 Å². The van der Waals surface area contributed by atoms with Crippen molar-refractivity contribution in [3.05, 3.63) is 0 Å². The molecule has 0 saturated carbocycles. The number of aliphatic imine (C=N–C) groups is 1. The average Bonchev–Trinajstić information content (AvgIpc) is 2.78. The van der Waals surface area contributed by atoms with E-state index in [1.165, 1.54) is 18.6 Å². The van der Waals surface area contributed by atoms with E-state index in [0.29, 0.717) is 4.75 Å². The Morgan fingerprint density at radius 3 is 2.63 bits per heavy atom. The molecule has 0 spiro atoms. The van der Waals surface area contributed by atoms with Crippen molar-refractivity contribution >= 4 is 17.7 Å². The molecule has 0 aromatic carbocycles. The van der Waals surface area contributed by atoms with Crippen molar-refractivity contribution in [2.24, 2.45) is 10.4 Å². The van der Waals surface area contributed by atoms with Crippen molar-refractivity contribution in [1.82, 2.24) is 10.6 Å². The molecule has 2 rings (SSSR count). The second-order valence-electron chi connectivity index (χ2n) is 6.25. The van der Waals surface area contributed by atoms with Gasteiger partial charge in [0.05, 0.1) is 19.8 Å². The number of hydrogen-bond acceptors (Lipinski definition) is 3. The summed E-state index contributed by atoms with van der Waals surface area (Å²) in [5, 5.41) is 6.83. The molecule has 2 aliphatic rings. The first-order valence-corrected chi connectivity index (χ1v) is 8.28. The smallest absolute Gasteiger partial charge is 0.191 e. The molecule has 0 aromatic rings. The van der Waals surface area contributed by atoms with Crippen LogP contribution in [0.5, 0.6) is 0 Å². The lowest BCUT2D eigenvalue weighted by Crippen LogP contribution is -2.46. The van der Waals surface area contributed by atoms with Gasteiger partial charge in [-0.15, -0.1) is 0 Å². The van der Waals surface area contributed by atoms with Crippen LogP contribution in [0.2, 0.25) is 0 Å². The Morgan fingerprint density at radius 2 is 2.11 bits per heavy atom. The fraction of sp³-hybridized carbons (Fsp3) is 0.929. The van der Waals surface area contributed by atoms with Crippen molar-refractivity contribution in [3.63, 3.8) is 0 Å². The van der Waals surface area contributed by atoms with Crippen LogP contribution in [-0.2, 0) is 4.74 Å². The summed E-state index contributed by atoms with van der Waals surface area (Å²) in [4.78, 5) is 4.70. The summed E-state index contributed by atoms with van der Waals surface area (Å²) in [5.74, 6) is 2.24. The zero-order valence-electron chi connectivity index (χ0n) is 12.4. The number of hydrogen-bond donors (Lipinski definition) is 2. The minimum atomic E-state index is 0.244. The fourth-order valence-electron chi connectivity index (χ4n) is 2.40. The molecule has 2 N–H and O–H groups in total. The molecule has 19 heavy (non-hydrogen) atoms. The zero-order chi connectivity index (χ0) is 13.8. The van der Waals surface area contributed by atoms with E-state index in [0.717, 1.165) is 38.8 Å². The van der Waals surface area contributed by atoms with Crippen molar-refractivity contribution in [1.29, 1.82) is 0 Å². The van der Waals surface area contributed by atoms with Gasteiger partial charge in [-0.3, -0.25) is 4.99 Å². The fourth-order valence-corrected chi connectivity index (χ4v) is 3.64. The molecule has 2 saturated heterocycles. The van der Waals surface area contributed by atoms with Crippen LogP contribution in [0.4, 0.5) is 0 Å². The normalized spacial score (nSPS) is 29.9. The summed E-state index contributed by atoms with van der Waals surface area (Å²) in [6, 6.07) is 0. The van der Waals surface area contributed by atoms with Crippen molar-refractivity contribution in [2.45, 2.75) is 38.4 Å². The maximum Gasteiger partial charge on any atom is 0.191 e. The molecule has 1 unspecified atom stereocenters. The van der Waals surface area contributed by atoms with Gasteiger partial charge in [0, 0.05) is 23.3 Å². The van der Waals surface area contributed by atoms with Crippen LogP contribution in [0, 0.1) is 5.41 Å². The van der Waals surface area contributed by atoms with Crippen LogP contribution in [0.3, 0.4) is 0 Å². The van der Waals surface area contributed by atoms with Crippen LogP contribution in [0.1, 0.15) is 33.6 Å². The lowest BCUT2D eigenvalue weighted by atomic mass is 9.89. The first kappa shape index (κ1) is 15.0. The third-order valence-corrected chi connectivity index (χ3v) is 5.33. The molecule has 2 aliphatic heterocycles. The topological polar surface area (TPSA) is 45.7 Å². The highest BCUT2D eigenvalue weighted by Gasteiger charge is 2.33. The number of nitrogens with one attached hydrogen (secondary N) is 2. The number of nitrogens with zero attached hydrogens (tertiary/aromatic N) is 1. The van der Waals surface area contributed by atoms with Gasteiger partial charge in [0.2, 0.25) is 0 Å². The third kappa shape index (κ3) is 4.28. The molecule has 1 atom stereocenters. The Kier molecular flexibility index (Phi) is 5.01. The van der Waals surface area contributed by atoms with E-state index >= 15 is 0 Å². The Bertz CT molecular complexity index is 323. The minimum absolute atomic E-state index is 0.244. The van der Waals surface area contributed by atoms with E-state index < -0.39 is 0 Å². The van der Waals surface area contributed by atoms with Crippen molar-refractivity contribution in [3.8, 4) is 0 Å². The quantitative estimate of drug-likeness (QED) is 0.598. The highest BCUT2D eigenvalue weighted by atomic mass is 32.2. The van der Waals surface area contributed by atoms with E-state index in [4.69, 9.17) is 9.73 Å². The highest BCUT2D eigenvalue weighted by Crippen LogP contribution is 2.36. The standard InChI is InChI=1S/C14H27N3OS/c1-4-15-12(16-8-13(2)10-18-11-13)17-9-14(3)6-5-7-19-14/h4-11H2,1-3H3,(H2,15,16,17). The van der Waals surface area contributed by atoms with Crippen LogP contribution in [0.15, 0.2) is 4.99 Å². The summed E-state index contributed by atoms with van der Waals surface area (Å²) in [7, 11) is 0. The molecule has 4 nitrogen and oxygen atoms in total. The summed E-state index contributed by atoms with van der Waals surface area (Å²) >= 11 is 2.08. The average molecular weight is 285 g/mol. The number of ether oxygens (including phenoxy) is 1. The predicted molar refractivity (Wildman–Crippen MR) is 83.0 cm³/mol. The molecule has 0 bridgehead atoms. The largest absolute Gasteiger partial charge is 0.380 e. The summed E-state index contributed by atoms with van der Waals surface area (Å²) in [5.41, 5.74) is 0.244. The lowest BCUT2D eigenvalue weighted by Gasteiger charge is -2.36. The molecular formula is C14H27N3OS. The second kappa shape index (κ2) is 6.35. The van der Waals surface area contributed by atoms with Gasteiger partial charge in [-0.25, -0.2) is 0 Å². The summed E-state index contributed by atoms with van der Waals surface area (Å²) in [6.07, 6.45) is 2.64. The van der Waals surface area contributed by atoms with Crippen LogP contribution in [-0.4, -0.2) is 49.3 Å². The number of guanidine groups is 1. The van der Waals surface area contributed by atoms with Gasteiger partial charge in [-0.2, -0.15) is 11.8 Å². The van der Waals surface area contributed by atoms with E-state index in [2.05, 4.69) is 43.2 Å². The molecule has 0 aliphatic carbocycles. The van der Waals surface area contributed by atoms with Crippen LogP contribution >= 0.6 is 11.8 Å². The Morgan fingerprint density at radius 1 is 1.32 bits per heavy atom. The molecule has 110 valence electrons. The Hall–Kier alpha value is -0.420. The van der Waals surface area contributed by atoms with Crippen molar-refractivity contribution < 1.29 is 4.74 Å². The molecule has 2 fully saturated rings. The van der Waals surface area contributed by atoms with E-state index in [1.54, 1.807) is 0 Å². The Labute approximate surface area is 121 Å². The van der Waals surface area contributed by atoms with Gasteiger partial charge in [-0.1, -0.05) is 6.92 Å². The molecule has 0 radical (unpaired) electrons. The predicted octanol–water partition coefficient (Wildman–Crippen LogP) is 1.86. The number of thioether (sulfide) groups is 1. The monoisotopic (exact) mass is 285 g/mol. The van der Waals surface area contributed by atoms with Crippen LogP contribution in [0.25, 0.3) is 0 Å². The zero-order valence-corrected chi connectivity index (χ0v) is 13.2. The SMILES string of the molecule is CCNC(=NCC1(C)COC1)NCC1(C)CCCS1. The first-order valence-electron chi connectivity index (χ1n) is 7.29. The number of rotatable bonds is 5. The molecule has 5 heteroatoms. The second-order valence-corrected chi connectivity index (χ2v) is 7.94. The molecule has 2 heterocycles. The maximum atomic E-state index is 5.27. The Balaban J connectivity index is 1.82. The summed E-state index contributed by atoms with van der Waals surface area (Å²) < 4.78 is 5.65. The van der Waals surface area contributed by atoms with Gasteiger partial charge >= 0.3 is 0 Å². The molecule has 0 amide bonds. The van der Waals surface area contributed by atoms with E-state index in [1.807, 2.05) is 0 Å². The molecule has 0 aromatic heterocycles. The van der Waals surface area contributed by atoms with Gasteiger partial charge < -0.3 is 15.4 Å². The minimum Gasteiger partial charge on any atom is -0.380 e. The summed E-state index contributed by atoms with van der Waals surface area (Å²) in [6.45, 7) is 11.1. The third-order valence-electron chi connectivity index (χ3n) is 3.79. The van der Waals surface area contributed by atoms with Crippen LogP contribution < -0.4 is 10.6 Å². The molecular weight excluding hydrogens is 258 g/mol. The highest BCUT2D eigenvalue weighted by molar-refractivity contribution is 8.00. The van der Waals surface area contributed by atoms with E-state index in [9.17, 15) is 0 Å². The maximum absolute atomic E-state index is 5.27. The van der Waals surface area contributed by atoms with Gasteiger partial charge in [-0.05, 0) is 32.4 Å².